The average Bonchev–Trinajstić information content (AvgIpc) is 3.23. The van der Waals surface area contributed by atoms with E-state index in [1.165, 1.54) is 45.0 Å². The smallest absolute Gasteiger partial charge is 0.191 e. The van der Waals surface area contributed by atoms with E-state index in [4.69, 9.17) is 0 Å². The number of hydrogen-bond acceptors (Lipinski definition) is 4. The van der Waals surface area contributed by atoms with E-state index in [0.717, 1.165) is 31.0 Å². The van der Waals surface area contributed by atoms with Crippen LogP contribution in [0, 0.1) is 5.92 Å². The fourth-order valence-electron chi connectivity index (χ4n) is 4.15. The van der Waals surface area contributed by atoms with Crippen molar-refractivity contribution in [3.8, 4) is 0 Å². The first-order valence-corrected chi connectivity index (χ1v) is 12.8. The third-order valence-electron chi connectivity index (χ3n) is 5.96. The van der Waals surface area contributed by atoms with E-state index in [-0.39, 0.29) is 24.0 Å². The molecule has 0 aliphatic carbocycles. The van der Waals surface area contributed by atoms with Gasteiger partial charge in [-0.15, -0.1) is 24.0 Å². The van der Waals surface area contributed by atoms with Crippen LogP contribution >= 0.6 is 24.0 Å². The second kappa shape index (κ2) is 13.5. The fraction of sp³-hybridized carbons (Fsp3) is 0.682. The number of nitrogens with zero attached hydrogens (tertiary/aromatic N) is 2. The van der Waals surface area contributed by atoms with E-state index >= 15 is 0 Å². The first-order valence-electron chi connectivity index (χ1n) is 10.9. The molecule has 8 heteroatoms. The van der Waals surface area contributed by atoms with Gasteiger partial charge in [0.2, 0.25) is 0 Å². The lowest BCUT2D eigenvalue weighted by atomic mass is 9.93. The average molecular weight is 551 g/mol. The molecule has 1 heterocycles. The summed E-state index contributed by atoms with van der Waals surface area (Å²) in [6.45, 7) is 8.65. The van der Waals surface area contributed by atoms with Crippen LogP contribution in [-0.4, -0.2) is 64.8 Å². The Labute approximate surface area is 200 Å². The summed E-state index contributed by atoms with van der Waals surface area (Å²) >= 11 is 0. The SMILES string of the molecule is CCC(CC)C(CNC(=NC)NCCc1ccc(S(C)(=O)=O)cc1)N1CCCC1.I. The highest BCUT2D eigenvalue weighted by Gasteiger charge is 2.27. The summed E-state index contributed by atoms with van der Waals surface area (Å²) in [5.74, 6) is 1.53. The predicted molar refractivity (Wildman–Crippen MR) is 137 cm³/mol. The lowest BCUT2D eigenvalue weighted by molar-refractivity contribution is 0.167. The first kappa shape index (κ1) is 27.2. The minimum atomic E-state index is -3.14. The first-order chi connectivity index (χ1) is 13.9. The van der Waals surface area contributed by atoms with E-state index in [1.54, 1.807) is 19.2 Å². The highest BCUT2D eigenvalue weighted by molar-refractivity contribution is 14.0. The molecule has 6 nitrogen and oxygen atoms in total. The molecule has 1 aromatic carbocycles. The Hall–Kier alpha value is -0.870. The maximum atomic E-state index is 11.6. The zero-order valence-corrected chi connectivity index (χ0v) is 22.0. The summed E-state index contributed by atoms with van der Waals surface area (Å²) in [4.78, 5) is 7.37. The number of hydrogen-bond donors (Lipinski definition) is 2. The molecule has 1 unspecified atom stereocenters. The number of sulfone groups is 1. The van der Waals surface area contributed by atoms with E-state index < -0.39 is 9.84 Å². The number of rotatable bonds is 10. The topological polar surface area (TPSA) is 73.8 Å². The predicted octanol–water partition coefficient (Wildman–Crippen LogP) is 3.32. The van der Waals surface area contributed by atoms with Crippen LogP contribution in [0.3, 0.4) is 0 Å². The number of guanidine groups is 1. The highest BCUT2D eigenvalue weighted by atomic mass is 127. The molecule has 0 aromatic heterocycles. The Morgan fingerprint density at radius 2 is 1.70 bits per heavy atom. The van der Waals surface area contributed by atoms with Gasteiger partial charge in [-0.2, -0.15) is 0 Å². The molecule has 1 aliphatic heterocycles. The molecule has 1 aliphatic rings. The van der Waals surface area contributed by atoms with Crippen molar-refractivity contribution in [3.63, 3.8) is 0 Å². The summed E-state index contributed by atoms with van der Waals surface area (Å²) < 4.78 is 23.1. The highest BCUT2D eigenvalue weighted by Crippen LogP contribution is 2.22. The number of benzene rings is 1. The normalized spacial score (nSPS) is 16.4. The van der Waals surface area contributed by atoms with E-state index in [9.17, 15) is 8.42 Å². The quantitative estimate of drug-likeness (QED) is 0.266. The molecule has 0 bridgehead atoms. The third kappa shape index (κ3) is 8.34. The summed E-state index contributed by atoms with van der Waals surface area (Å²) in [5, 5.41) is 6.91. The second-order valence-electron chi connectivity index (χ2n) is 7.93. The number of nitrogens with one attached hydrogen (secondary N) is 2. The van der Waals surface area contributed by atoms with Crippen molar-refractivity contribution in [2.24, 2.45) is 10.9 Å². The van der Waals surface area contributed by atoms with Gasteiger partial charge >= 0.3 is 0 Å². The Morgan fingerprint density at radius 3 is 2.20 bits per heavy atom. The largest absolute Gasteiger partial charge is 0.356 e. The maximum absolute atomic E-state index is 11.6. The van der Waals surface area contributed by atoms with Crippen LogP contribution < -0.4 is 10.6 Å². The standard InChI is InChI=1S/C22H38N4O2S.HI/c1-5-19(6-2)21(26-15-7-8-16-26)17-25-22(23-3)24-14-13-18-9-11-20(12-10-18)29(4,27)28;/h9-12,19,21H,5-8,13-17H2,1-4H3,(H2,23,24,25);1H. The molecule has 1 atom stereocenters. The van der Waals surface area contributed by atoms with Crippen molar-refractivity contribution in [1.29, 1.82) is 0 Å². The number of likely N-dealkylation sites (tertiary alicyclic amines) is 1. The van der Waals surface area contributed by atoms with Gasteiger partial charge in [0.05, 0.1) is 4.90 Å². The summed E-state index contributed by atoms with van der Waals surface area (Å²) in [6.07, 6.45) is 7.07. The van der Waals surface area contributed by atoms with Gasteiger partial charge < -0.3 is 10.6 Å². The van der Waals surface area contributed by atoms with Crippen LogP contribution in [0.15, 0.2) is 34.2 Å². The van der Waals surface area contributed by atoms with Gasteiger partial charge in [-0.25, -0.2) is 8.42 Å². The molecule has 1 saturated heterocycles. The summed E-state index contributed by atoms with van der Waals surface area (Å²) in [7, 11) is -1.34. The van der Waals surface area contributed by atoms with Crippen molar-refractivity contribution in [2.45, 2.75) is 56.9 Å². The number of aliphatic imine (C=N–C) groups is 1. The lowest BCUT2D eigenvalue weighted by Crippen LogP contribution is -2.49. The third-order valence-corrected chi connectivity index (χ3v) is 7.09. The molecule has 1 aromatic rings. The zero-order chi connectivity index (χ0) is 21.3. The Morgan fingerprint density at radius 1 is 1.10 bits per heavy atom. The van der Waals surface area contributed by atoms with Crippen LogP contribution in [0.25, 0.3) is 0 Å². The molecule has 172 valence electrons. The van der Waals surface area contributed by atoms with Crippen LogP contribution in [-0.2, 0) is 16.3 Å². The molecule has 2 N–H and O–H groups in total. The van der Waals surface area contributed by atoms with Crippen molar-refractivity contribution in [3.05, 3.63) is 29.8 Å². The van der Waals surface area contributed by atoms with Gasteiger partial charge in [0.1, 0.15) is 0 Å². The van der Waals surface area contributed by atoms with Crippen LogP contribution in [0.4, 0.5) is 0 Å². The Bertz CT molecular complexity index is 741. The molecule has 2 rings (SSSR count). The molecule has 0 amide bonds. The van der Waals surface area contributed by atoms with Gasteiger partial charge in [0, 0.05) is 32.4 Å². The molecule has 1 fully saturated rings. The van der Waals surface area contributed by atoms with Crippen LogP contribution in [0.1, 0.15) is 45.1 Å². The monoisotopic (exact) mass is 550 g/mol. The minimum Gasteiger partial charge on any atom is -0.356 e. The molecule has 30 heavy (non-hydrogen) atoms. The van der Waals surface area contributed by atoms with Crippen molar-refractivity contribution < 1.29 is 8.42 Å². The van der Waals surface area contributed by atoms with Gasteiger partial charge in [-0.1, -0.05) is 38.8 Å². The van der Waals surface area contributed by atoms with E-state index in [0.29, 0.717) is 16.9 Å². The minimum absolute atomic E-state index is 0. The van der Waals surface area contributed by atoms with Gasteiger partial charge in [0.15, 0.2) is 15.8 Å². The van der Waals surface area contributed by atoms with Crippen LogP contribution in [0.2, 0.25) is 0 Å². The van der Waals surface area contributed by atoms with Gasteiger partial charge in [-0.3, -0.25) is 9.89 Å². The Balaban J connectivity index is 0.00000450. The second-order valence-corrected chi connectivity index (χ2v) is 9.95. The fourth-order valence-corrected chi connectivity index (χ4v) is 4.78. The van der Waals surface area contributed by atoms with Gasteiger partial charge in [-0.05, 0) is 56.0 Å². The molecular weight excluding hydrogens is 511 g/mol. The van der Waals surface area contributed by atoms with E-state index in [1.807, 2.05) is 12.1 Å². The van der Waals surface area contributed by atoms with Crippen molar-refractivity contribution in [2.75, 3.05) is 39.5 Å². The maximum Gasteiger partial charge on any atom is 0.191 e. The molecule has 0 saturated carbocycles. The lowest BCUT2D eigenvalue weighted by Gasteiger charge is -2.34. The van der Waals surface area contributed by atoms with E-state index in [2.05, 4.69) is 34.4 Å². The molecule has 0 radical (unpaired) electrons. The number of halogens is 1. The Kier molecular flexibility index (Phi) is 12.2. The van der Waals surface area contributed by atoms with Crippen molar-refractivity contribution in [1.82, 2.24) is 15.5 Å². The molecule has 0 spiro atoms. The summed E-state index contributed by atoms with van der Waals surface area (Å²) in [5.41, 5.74) is 1.10. The van der Waals surface area contributed by atoms with Crippen molar-refractivity contribution >= 4 is 39.8 Å². The van der Waals surface area contributed by atoms with Crippen LogP contribution in [0.5, 0.6) is 0 Å². The van der Waals surface area contributed by atoms with Gasteiger partial charge in [0.25, 0.3) is 0 Å². The molecular formula is C22H39IN4O2S. The zero-order valence-electron chi connectivity index (χ0n) is 18.9. The summed E-state index contributed by atoms with van der Waals surface area (Å²) in [6, 6.07) is 7.66.